The number of hydrogen-bond donors (Lipinski definition) is 1. The van der Waals surface area contributed by atoms with Crippen molar-refractivity contribution in [3.05, 3.63) is 65.9 Å². The Morgan fingerprint density at radius 2 is 1.60 bits per heavy atom. The summed E-state index contributed by atoms with van der Waals surface area (Å²) in [6.45, 7) is 4.00. The summed E-state index contributed by atoms with van der Waals surface area (Å²) in [6, 6.07) is 14.6. The van der Waals surface area contributed by atoms with E-state index in [-0.39, 0.29) is 29.8 Å². The molecule has 0 spiro atoms. The molecular weight excluding hydrogens is 464 g/mol. The topological polar surface area (TPSA) is 93.8 Å². The second-order valence-electron chi connectivity index (χ2n) is 9.29. The van der Waals surface area contributed by atoms with Crippen LogP contribution in [0.1, 0.15) is 41.6 Å². The molecule has 1 aromatic heterocycles. The third-order valence-electron chi connectivity index (χ3n) is 7.25. The van der Waals surface area contributed by atoms with Gasteiger partial charge in [0.15, 0.2) is 0 Å². The van der Waals surface area contributed by atoms with Gasteiger partial charge in [-0.15, -0.1) is 0 Å². The van der Waals surface area contributed by atoms with Crippen LogP contribution in [0.25, 0.3) is 10.9 Å². The van der Waals surface area contributed by atoms with Gasteiger partial charge in [0.25, 0.3) is 5.91 Å². The molecule has 5 rings (SSSR count). The van der Waals surface area contributed by atoms with Crippen molar-refractivity contribution >= 4 is 32.7 Å². The molecule has 2 aromatic carbocycles. The molecule has 2 saturated heterocycles. The lowest BCUT2D eigenvalue weighted by Gasteiger charge is -2.33. The summed E-state index contributed by atoms with van der Waals surface area (Å²) < 4.78 is 27.8. The predicted octanol–water partition coefficient (Wildman–Crippen LogP) is 3.04. The highest BCUT2D eigenvalue weighted by atomic mass is 32.2. The van der Waals surface area contributed by atoms with Crippen LogP contribution in [0, 0.1) is 0 Å². The molecule has 0 saturated carbocycles. The Hall–Kier alpha value is -3.17. The van der Waals surface area contributed by atoms with Crippen LogP contribution in [0.3, 0.4) is 0 Å². The highest BCUT2D eigenvalue weighted by Crippen LogP contribution is 2.33. The molecule has 2 aliphatic heterocycles. The van der Waals surface area contributed by atoms with Crippen LogP contribution < -0.4 is 0 Å². The van der Waals surface area contributed by atoms with Crippen molar-refractivity contribution in [2.75, 3.05) is 39.3 Å². The predicted molar refractivity (Wildman–Crippen MR) is 134 cm³/mol. The van der Waals surface area contributed by atoms with E-state index < -0.39 is 10.0 Å². The number of aromatic nitrogens is 1. The normalized spacial score (nSPS) is 18.2. The maximum Gasteiger partial charge on any atom is 0.253 e. The molecule has 9 heteroatoms. The zero-order valence-electron chi connectivity index (χ0n) is 19.8. The minimum atomic E-state index is -3.74. The van der Waals surface area contributed by atoms with Gasteiger partial charge >= 0.3 is 0 Å². The van der Waals surface area contributed by atoms with Crippen molar-refractivity contribution in [2.24, 2.45) is 0 Å². The fourth-order valence-corrected chi connectivity index (χ4v) is 6.66. The van der Waals surface area contributed by atoms with Crippen LogP contribution in [0.15, 0.2) is 59.6 Å². The van der Waals surface area contributed by atoms with Gasteiger partial charge in [0.2, 0.25) is 15.9 Å². The number of likely N-dealkylation sites (tertiary alicyclic amines) is 1. The number of carbonyl (C=O) groups is 2. The number of amides is 2. The van der Waals surface area contributed by atoms with E-state index in [0.717, 1.165) is 18.4 Å². The van der Waals surface area contributed by atoms with Gasteiger partial charge < -0.3 is 14.8 Å². The SMILES string of the molecule is CC(=O)N1CCN(S(=O)(=O)c2cccc(C(=O)N3CCC(c4c[nH]c5ccccc45)CC3)c2)CC1. The molecule has 0 aliphatic carbocycles. The molecular formula is C26H30N4O4S. The number of piperazine rings is 1. The molecule has 0 radical (unpaired) electrons. The summed E-state index contributed by atoms with van der Waals surface area (Å²) in [6.07, 6.45) is 3.81. The Morgan fingerprint density at radius 1 is 0.886 bits per heavy atom. The van der Waals surface area contributed by atoms with E-state index in [1.165, 1.54) is 34.3 Å². The number of benzene rings is 2. The van der Waals surface area contributed by atoms with Crippen LogP contribution in [-0.2, 0) is 14.8 Å². The van der Waals surface area contributed by atoms with E-state index in [0.29, 0.717) is 37.7 Å². The lowest BCUT2D eigenvalue weighted by molar-refractivity contribution is -0.129. The van der Waals surface area contributed by atoms with Gasteiger partial charge in [-0.05, 0) is 48.6 Å². The average molecular weight is 495 g/mol. The number of rotatable bonds is 4. The van der Waals surface area contributed by atoms with Crippen LogP contribution in [0.2, 0.25) is 0 Å². The van der Waals surface area contributed by atoms with E-state index >= 15 is 0 Å². The molecule has 0 unspecified atom stereocenters. The highest BCUT2D eigenvalue weighted by Gasteiger charge is 2.31. The third kappa shape index (κ3) is 4.58. The maximum atomic E-state index is 13.2. The van der Waals surface area contributed by atoms with E-state index in [1.807, 2.05) is 17.0 Å². The standard InChI is InChI=1S/C26H30N4O4S/c1-19(31)28-13-15-30(16-14-28)35(33,34)22-6-4-5-21(17-22)26(32)29-11-9-20(10-12-29)24-18-27-25-8-3-2-7-23(24)25/h2-8,17-18,20,27H,9-16H2,1H3. The van der Waals surface area contributed by atoms with Crippen molar-refractivity contribution in [3.8, 4) is 0 Å². The summed E-state index contributed by atoms with van der Waals surface area (Å²) >= 11 is 0. The van der Waals surface area contributed by atoms with E-state index in [4.69, 9.17) is 0 Å². The number of nitrogens with zero attached hydrogens (tertiary/aromatic N) is 3. The molecule has 3 aromatic rings. The van der Waals surface area contributed by atoms with E-state index in [1.54, 1.807) is 17.0 Å². The van der Waals surface area contributed by atoms with E-state index in [9.17, 15) is 18.0 Å². The second kappa shape index (κ2) is 9.47. The number of hydrogen-bond acceptors (Lipinski definition) is 4. The van der Waals surface area contributed by atoms with Crippen LogP contribution >= 0.6 is 0 Å². The van der Waals surface area contributed by atoms with Crippen molar-refractivity contribution in [3.63, 3.8) is 0 Å². The minimum Gasteiger partial charge on any atom is -0.361 e. The monoisotopic (exact) mass is 494 g/mol. The maximum absolute atomic E-state index is 13.2. The van der Waals surface area contributed by atoms with Gasteiger partial charge in [0.05, 0.1) is 4.90 Å². The molecule has 3 heterocycles. The van der Waals surface area contributed by atoms with Crippen molar-refractivity contribution in [1.82, 2.24) is 19.1 Å². The lowest BCUT2D eigenvalue weighted by atomic mass is 9.89. The first-order chi connectivity index (χ1) is 16.8. The molecule has 2 aliphatic rings. The number of carbonyl (C=O) groups excluding carboxylic acids is 2. The summed E-state index contributed by atoms with van der Waals surface area (Å²) in [4.78, 5) is 31.7. The minimum absolute atomic E-state index is 0.0527. The number of sulfonamides is 1. The number of piperidine rings is 1. The average Bonchev–Trinajstić information content (AvgIpc) is 3.33. The smallest absolute Gasteiger partial charge is 0.253 e. The van der Waals surface area contributed by atoms with Gasteiger partial charge in [-0.25, -0.2) is 8.42 Å². The first-order valence-corrected chi connectivity index (χ1v) is 13.5. The van der Waals surface area contributed by atoms with Crippen molar-refractivity contribution < 1.29 is 18.0 Å². The highest BCUT2D eigenvalue weighted by molar-refractivity contribution is 7.89. The van der Waals surface area contributed by atoms with Crippen LogP contribution in [0.4, 0.5) is 0 Å². The first-order valence-electron chi connectivity index (χ1n) is 12.1. The Kier molecular flexibility index (Phi) is 6.37. The summed E-state index contributed by atoms with van der Waals surface area (Å²) in [7, 11) is -3.74. The van der Waals surface area contributed by atoms with Gasteiger partial charge in [-0.2, -0.15) is 4.31 Å². The van der Waals surface area contributed by atoms with Gasteiger partial charge in [0, 0.05) is 68.9 Å². The van der Waals surface area contributed by atoms with Crippen molar-refractivity contribution in [2.45, 2.75) is 30.6 Å². The number of H-pyrrole nitrogens is 1. The zero-order chi connectivity index (χ0) is 24.6. The quantitative estimate of drug-likeness (QED) is 0.603. The first kappa shape index (κ1) is 23.6. The van der Waals surface area contributed by atoms with Gasteiger partial charge in [-0.3, -0.25) is 9.59 Å². The number of fused-ring (bicyclic) bond motifs is 1. The Morgan fingerprint density at radius 3 is 2.31 bits per heavy atom. The third-order valence-corrected chi connectivity index (χ3v) is 9.14. The molecule has 2 amide bonds. The number of para-hydroxylation sites is 1. The molecule has 35 heavy (non-hydrogen) atoms. The van der Waals surface area contributed by atoms with Crippen molar-refractivity contribution in [1.29, 1.82) is 0 Å². The Bertz CT molecular complexity index is 1350. The fraction of sp³-hybridized carbons (Fsp3) is 0.385. The summed E-state index contributed by atoms with van der Waals surface area (Å²) in [5, 5.41) is 1.24. The zero-order valence-corrected chi connectivity index (χ0v) is 20.6. The summed E-state index contributed by atoms with van der Waals surface area (Å²) in [5.41, 5.74) is 2.81. The largest absolute Gasteiger partial charge is 0.361 e. The van der Waals surface area contributed by atoms with E-state index in [2.05, 4.69) is 23.3 Å². The molecule has 1 N–H and O–H groups in total. The van der Waals surface area contributed by atoms with Crippen LogP contribution in [-0.4, -0.2) is 78.6 Å². The summed E-state index contributed by atoms with van der Waals surface area (Å²) in [5.74, 6) is 0.194. The molecule has 0 atom stereocenters. The molecule has 8 nitrogen and oxygen atoms in total. The second-order valence-corrected chi connectivity index (χ2v) is 11.2. The lowest BCUT2D eigenvalue weighted by Crippen LogP contribution is -2.49. The van der Waals surface area contributed by atoms with Gasteiger partial charge in [-0.1, -0.05) is 24.3 Å². The molecule has 0 bridgehead atoms. The van der Waals surface area contributed by atoms with Crippen LogP contribution in [0.5, 0.6) is 0 Å². The Labute approximate surface area is 205 Å². The Balaban J connectivity index is 1.26. The number of nitrogens with one attached hydrogen (secondary N) is 1. The fourth-order valence-electron chi connectivity index (χ4n) is 5.19. The molecule has 184 valence electrons. The number of aromatic amines is 1. The van der Waals surface area contributed by atoms with Gasteiger partial charge in [0.1, 0.15) is 0 Å². The molecule has 2 fully saturated rings.